The Morgan fingerprint density at radius 1 is 1.05 bits per heavy atom. The van der Waals surface area contributed by atoms with Crippen molar-refractivity contribution in [2.45, 2.75) is 9.72 Å². The number of ether oxygens (including phenoxy) is 2. The average Bonchev–Trinajstić information content (AvgIpc) is 2.54. The summed E-state index contributed by atoms with van der Waals surface area (Å²) in [5.74, 6) is 1.24. The SMILES string of the molecule is COc1ccc(C(Br)c2ccc(SC)cc2)c(OC)c1Cl. The molecule has 21 heavy (non-hydrogen) atoms. The van der Waals surface area contributed by atoms with Crippen LogP contribution in [-0.2, 0) is 0 Å². The summed E-state index contributed by atoms with van der Waals surface area (Å²) in [7, 11) is 3.20. The standard InChI is InChI=1S/C16H16BrClO2S/c1-19-13-9-8-12(16(20-2)15(13)18)14(17)10-4-6-11(21-3)7-5-10/h4-9,14H,1-3H3. The van der Waals surface area contributed by atoms with Gasteiger partial charge in [-0.05, 0) is 30.0 Å². The van der Waals surface area contributed by atoms with Crippen molar-refractivity contribution < 1.29 is 9.47 Å². The first-order chi connectivity index (χ1) is 10.1. The molecule has 0 saturated carbocycles. The molecule has 2 aromatic carbocycles. The summed E-state index contributed by atoms with van der Waals surface area (Å²) in [5.41, 5.74) is 2.12. The van der Waals surface area contributed by atoms with Gasteiger partial charge in [0.2, 0.25) is 0 Å². The van der Waals surface area contributed by atoms with Gasteiger partial charge in [0.1, 0.15) is 16.5 Å². The van der Waals surface area contributed by atoms with Crippen molar-refractivity contribution in [2.75, 3.05) is 20.5 Å². The third kappa shape index (κ3) is 3.50. The van der Waals surface area contributed by atoms with E-state index in [1.54, 1.807) is 26.0 Å². The van der Waals surface area contributed by atoms with Crippen LogP contribution in [0.2, 0.25) is 5.02 Å². The van der Waals surface area contributed by atoms with Crippen LogP contribution in [0.4, 0.5) is 0 Å². The zero-order valence-electron chi connectivity index (χ0n) is 12.0. The Kier molecular flexibility index (Phi) is 5.85. The highest BCUT2D eigenvalue weighted by Crippen LogP contribution is 2.44. The highest BCUT2D eigenvalue weighted by Gasteiger charge is 2.20. The summed E-state index contributed by atoms with van der Waals surface area (Å²) in [6.45, 7) is 0. The van der Waals surface area contributed by atoms with Crippen molar-refractivity contribution in [3.8, 4) is 11.5 Å². The van der Waals surface area contributed by atoms with Gasteiger partial charge in [-0.1, -0.05) is 45.7 Å². The third-order valence-corrected chi connectivity index (χ3v) is 5.32. The van der Waals surface area contributed by atoms with Crippen LogP contribution in [0, 0.1) is 0 Å². The van der Waals surface area contributed by atoms with Crippen LogP contribution >= 0.6 is 39.3 Å². The first kappa shape index (κ1) is 16.5. The predicted octanol–water partition coefficient (Wildman–Crippen LogP) is 5.56. The van der Waals surface area contributed by atoms with Gasteiger partial charge in [-0.3, -0.25) is 0 Å². The van der Waals surface area contributed by atoms with Gasteiger partial charge in [0.15, 0.2) is 0 Å². The smallest absolute Gasteiger partial charge is 0.145 e. The maximum Gasteiger partial charge on any atom is 0.145 e. The summed E-state index contributed by atoms with van der Waals surface area (Å²) in [4.78, 5) is 1.24. The molecule has 2 aromatic rings. The van der Waals surface area contributed by atoms with Crippen molar-refractivity contribution in [1.82, 2.24) is 0 Å². The monoisotopic (exact) mass is 386 g/mol. The number of hydrogen-bond acceptors (Lipinski definition) is 3. The summed E-state index contributed by atoms with van der Waals surface area (Å²) in [5, 5.41) is 0.489. The summed E-state index contributed by atoms with van der Waals surface area (Å²) in [6, 6.07) is 12.2. The minimum absolute atomic E-state index is 0.00626. The zero-order valence-corrected chi connectivity index (χ0v) is 15.2. The quantitative estimate of drug-likeness (QED) is 0.494. The molecule has 0 N–H and O–H groups in total. The topological polar surface area (TPSA) is 18.5 Å². The van der Waals surface area contributed by atoms with Gasteiger partial charge >= 0.3 is 0 Å². The Morgan fingerprint density at radius 3 is 2.24 bits per heavy atom. The molecule has 112 valence electrons. The van der Waals surface area contributed by atoms with Crippen molar-refractivity contribution >= 4 is 39.3 Å². The second-order valence-electron chi connectivity index (χ2n) is 4.34. The van der Waals surface area contributed by atoms with E-state index >= 15 is 0 Å². The van der Waals surface area contributed by atoms with Crippen molar-refractivity contribution in [3.63, 3.8) is 0 Å². The van der Waals surface area contributed by atoms with Crippen LogP contribution in [0.1, 0.15) is 16.0 Å². The van der Waals surface area contributed by atoms with Crippen LogP contribution < -0.4 is 9.47 Å². The molecule has 1 atom stereocenters. The lowest BCUT2D eigenvalue weighted by Crippen LogP contribution is -1.99. The van der Waals surface area contributed by atoms with Crippen LogP contribution in [0.15, 0.2) is 41.3 Å². The third-order valence-electron chi connectivity index (χ3n) is 3.20. The molecule has 0 radical (unpaired) electrons. The Morgan fingerprint density at radius 2 is 1.71 bits per heavy atom. The predicted molar refractivity (Wildman–Crippen MR) is 93.5 cm³/mol. The van der Waals surface area contributed by atoms with E-state index in [0.717, 1.165) is 11.1 Å². The maximum absolute atomic E-state index is 6.32. The first-order valence-electron chi connectivity index (χ1n) is 6.30. The van der Waals surface area contributed by atoms with Crippen LogP contribution in [0.25, 0.3) is 0 Å². The second-order valence-corrected chi connectivity index (χ2v) is 6.51. The highest BCUT2D eigenvalue weighted by atomic mass is 79.9. The molecule has 0 aliphatic rings. The van der Waals surface area contributed by atoms with Crippen LogP contribution in [0.3, 0.4) is 0 Å². The van der Waals surface area contributed by atoms with Crippen molar-refractivity contribution in [1.29, 1.82) is 0 Å². The van der Waals surface area contributed by atoms with Gasteiger partial charge in [0, 0.05) is 10.5 Å². The molecular weight excluding hydrogens is 372 g/mol. The molecular formula is C16H16BrClO2S. The average molecular weight is 388 g/mol. The molecule has 0 amide bonds. The van der Waals surface area contributed by atoms with E-state index in [2.05, 4.69) is 46.5 Å². The molecule has 2 rings (SSSR count). The Balaban J connectivity index is 2.42. The number of halogens is 2. The molecule has 0 aromatic heterocycles. The van der Waals surface area contributed by atoms with Gasteiger partial charge < -0.3 is 9.47 Å². The number of benzene rings is 2. The molecule has 0 aliphatic carbocycles. The van der Waals surface area contributed by atoms with E-state index in [1.807, 2.05) is 12.1 Å². The first-order valence-corrected chi connectivity index (χ1v) is 8.82. The lowest BCUT2D eigenvalue weighted by atomic mass is 10.0. The number of rotatable bonds is 5. The lowest BCUT2D eigenvalue weighted by Gasteiger charge is -2.17. The lowest BCUT2D eigenvalue weighted by molar-refractivity contribution is 0.392. The minimum atomic E-state index is 0.00626. The Bertz CT molecular complexity index is 616. The fraction of sp³-hybridized carbons (Fsp3) is 0.250. The molecule has 0 bridgehead atoms. The Hall–Kier alpha value is -0.840. The zero-order chi connectivity index (χ0) is 15.4. The van der Waals surface area contributed by atoms with Crippen LogP contribution in [0.5, 0.6) is 11.5 Å². The van der Waals surface area contributed by atoms with Crippen molar-refractivity contribution in [3.05, 3.63) is 52.5 Å². The summed E-state index contributed by atoms with van der Waals surface area (Å²) >= 11 is 11.8. The number of alkyl halides is 1. The van der Waals surface area contributed by atoms with Crippen molar-refractivity contribution in [2.24, 2.45) is 0 Å². The molecule has 1 unspecified atom stereocenters. The van der Waals surface area contributed by atoms with Gasteiger partial charge in [0.05, 0.1) is 19.0 Å². The fourth-order valence-corrected chi connectivity index (χ4v) is 3.47. The van der Waals surface area contributed by atoms with E-state index < -0.39 is 0 Å². The number of hydrogen-bond donors (Lipinski definition) is 0. The van der Waals surface area contributed by atoms with E-state index in [9.17, 15) is 0 Å². The molecule has 0 spiro atoms. The summed E-state index contributed by atoms with van der Waals surface area (Å²) < 4.78 is 10.7. The highest BCUT2D eigenvalue weighted by molar-refractivity contribution is 9.09. The minimum Gasteiger partial charge on any atom is -0.495 e. The van der Waals surface area contributed by atoms with Crippen LogP contribution in [-0.4, -0.2) is 20.5 Å². The van der Waals surface area contributed by atoms with Gasteiger partial charge in [0.25, 0.3) is 0 Å². The van der Waals surface area contributed by atoms with E-state index in [0.29, 0.717) is 16.5 Å². The Labute approximate surface area is 142 Å². The number of methoxy groups -OCH3 is 2. The fourth-order valence-electron chi connectivity index (χ4n) is 2.07. The van der Waals surface area contributed by atoms with E-state index in [-0.39, 0.29) is 4.83 Å². The van der Waals surface area contributed by atoms with Gasteiger partial charge in [-0.25, -0.2) is 0 Å². The summed E-state index contributed by atoms with van der Waals surface area (Å²) in [6.07, 6.45) is 2.06. The molecule has 2 nitrogen and oxygen atoms in total. The molecule has 0 fully saturated rings. The molecule has 5 heteroatoms. The largest absolute Gasteiger partial charge is 0.495 e. The van der Waals surface area contributed by atoms with E-state index in [1.165, 1.54) is 4.90 Å². The maximum atomic E-state index is 6.32. The molecule has 0 aliphatic heterocycles. The normalized spacial score (nSPS) is 12.0. The number of thioether (sulfide) groups is 1. The van der Waals surface area contributed by atoms with Gasteiger partial charge in [-0.15, -0.1) is 11.8 Å². The molecule has 0 saturated heterocycles. The molecule has 0 heterocycles. The van der Waals surface area contributed by atoms with Gasteiger partial charge in [-0.2, -0.15) is 0 Å². The van der Waals surface area contributed by atoms with E-state index in [4.69, 9.17) is 21.1 Å². The second kappa shape index (κ2) is 7.43.